The molecule has 0 aliphatic rings. The molecule has 0 saturated heterocycles. The van der Waals surface area contributed by atoms with Gasteiger partial charge < -0.3 is 19.5 Å². The lowest BCUT2D eigenvalue weighted by Gasteiger charge is -2.15. The lowest BCUT2D eigenvalue weighted by molar-refractivity contribution is -0.128. The number of nitrogens with one attached hydrogen (secondary N) is 1. The molecular weight excluding hydrogens is 428 g/mol. The summed E-state index contributed by atoms with van der Waals surface area (Å²) >= 11 is 0. The number of ether oxygens (including phenoxy) is 1. The zero-order valence-electron chi connectivity index (χ0n) is 20.0. The highest BCUT2D eigenvalue weighted by Crippen LogP contribution is 2.24. The van der Waals surface area contributed by atoms with Crippen LogP contribution in [0.3, 0.4) is 0 Å². The second-order valence-corrected chi connectivity index (χ2v) is 8.06. The molecule has 7 nitrogen and oxygen atoms in total. The third kappa shape index (κ3) is 5.54. The molecule has 2 amide bonds. The molecule has 0 unspecified atom stereocenters. The SMILES string of the molecule is COc1ccc(-n2c(C)cc(/C=C(/C#N)C(=O)Nc3cccc(CN(C)C(C)=O)c3)c2C)cc1. The number of nitrogens with zero attached hydrogens (tertiary/aromatic N) is 3. The van der Waals surface area contributed by atoms with Gasteiger partial charge in [0.1, 0.15) is 17.4 Å². The minimum absolute atomic E-state index is 0.00115. The maximum atomic E-state index is 12.8. The van der Waals surface area contributed by atoms with E-state index in [2.05, 4.69) is 9.88 Å². The highest BCUT2D eigenvalue weighted by molar-refractivity contribution is 6.09. The van der Waals surface area contributed by atoms with Crippen molar-refractivity contribution in [3.8, 4) is 17.5 Å². The maximum Gasteiger partial charge on any atom is 0.266 e. The summed E-state index contributed by atoms with van der Waals surface area (Å²) in [5.41, 5.74) is 5.08. The van der Waals surface area contributed by atoms with Gasteiger partial charge in [0.2, 0.25) is 5.91 Å². The Hall–Kier alpha value is -4.31. The number of nitriles is 1. The van der Waals surface area contributed by atoms with Gasteiger partial charge in [-0.1, -0.05) is 12.1 Å². The summed E-state index contributed by atoms with van der Waals surface area (Å²) < 4.78 is 7.30. The van der Waals surface area contributed by atoms with Crippen LogP contribution in [0, 0.1) is 25.2 Å². The van der Waals surface area contributed by atoms with Crippen molar-refractivity contribution in [2.24, 2.45) is 0 Å². The zero-order valence-corrected chi connectivity index (χ0v) is 20.0. The summed E-state index contributed by atoms with van der Waals surface area (Å²) in [7, 11) is 3.34. The van der Waals surface area contributed by atoms with Gasteiger partial charge in [-0.25, -0.2) is 0 Å². The third-order valence-electron chi connectivity index (χ3n) is 5.61. The summed E-state index contributed by atoms with van der Waals surface area (Å²) in [6.07, 6.45) is 1.60. The summed E-state index contributed by atoms with van der Waals surface area (Å²) in [5, 5.41) is 12.5. The van der Waals surface area contributed by atoms with Crippen LogP contribution in [0.2, 0.25) is 0 Å². The predicted octanol–water partition coefficient (Wildman–Crippen LogP) is 4.63. The molecule has 0 bridgehead atoms. The number of hydrogen-bond donors (Lipinski definition) is 1. The number of methoxy groups -OCH3 is 1. The van der Waals surface area contributed by atoms with Crippen molar-refractivity contribution in [1.82, 2.24) is 9.47 Å². The fourth-order valence-corrected chi connectivity index (χ4v) is 3.70. The largest absolute Gasteiger partial charge is 0.497 e. The van der Waals surface area contributed by atoms with Crippen LogP contribution in [0.15, 0.2) is 60.2 Å². The molecule has 3 rings (SSSR count). The minimum Gasteiger partial charge on any atom is -0.497 e. The molecule has 2 aromatic carbocycles. The van der Waals surface area contributed by atoms with Crippen molar-refractivity contribution in [2.45, 2.75) is 27.3 Å². The van der Waals surface area contributed by atoms with E-state index >= 15 is 0 Å². The monoisotopic (exact) mass is 456 g/mol. The number of aryl methyl sites for hydroxylation is 1. The Kier molecular flexibility index (Phi) is 7.54. The molecule has 1 heterocycles. The van der Waals surface area contributed by atoms with Gasteiger partial charge in [-0.3, -0.25) is 9.59 Å². The lowest BCUT2D eigenvalue weighted by atomic mass is 10.1. The highest BCUT2D eigenvalue weighted by Gasteiger charge is 2.14. The van der Waals surface area contributed by atoms with E-state index in [1.807, 2.05) is 56.3 Å². The van der Waals surface area contributed by atoms with Crippen molar-refractivity contribution < 1.29 is 14.3 Å². The molecule has 0 aliphatic heterocycles. The van der Waals surface area contributed by atoms with Gasteiger partial charge in [0.15, 0.2) is 0 Å². The first-order chi connectivity index (χ1) is 16.2. The molecule has 0 radical (unpaired) electrons. The Morgan fingerprint density at radius 1 is 1.15 bits per heavy atom. The average molecular weight is 457 g/mol. The molecule has 1 N–H and O–H groups in total. The summed E-state index contributed by atoms with van der Waals surface area (Å²) in [5.74, 6) is 0.233. The van der Waals surface area contributed by atoms with Crippen molar-refractivity contribution in [2.75, 3.05) is 19.5 Å². The van der Waals surface area contributed by atoms with E-state index in [0.717, 1.165) is 34.0 Å². The zero-order chi connectivity index (χ0) is 24.8. The number of hydrogen-bond acceptors (Lipinski definition) is 4. The maximum absolute atomic E-state index is 12.8. The third-order valence-corrected chi connectivity index (χ3v) is 5.61. The Labute approximate surface area is 199 Å². The second-order valence-electron chi connectivity index (χ2n) is 8.06. The molecule has 0 spiro atoms. The van der Waals surface area contributed by atoms with Crippen molar-refractivity contribution in [1.29, 1.82) is 5.26 Å². The van der Waals surface area contributed by atoms with Gasteiger partial charge in [0.05, 0.1) is 7.11 Å². The first kappa shape index (κ1) is 24.3. The molecule has 0 fully saturated rings. The van der Waals surface area contributed by atoms with Gasteiger partial charge >= 0.3 is 0 Å². The Morgan fingerprint density at radius 3 is 2.47 bits per heavy atom. The predicted molar refractivity (Wildman–Crippen MR) is 133 cm³/mol. The molecule has 0 saturated carbocycles. The topological polar surface area (TPSA) is 87.4 Å². The lowest BCUT2D eigenvalue weighted by Crippen LogP contribution is -2.23. The first-order valence-electron chi connectivity index (χ1n) is 10.8. The van der Waals surface area contributed by atoms with Crippen LogP contribution < -0.4 is 10.1 Å². The molecule has 3 aromatic rings. The van der Waals surface area contributed by atoms with E-state index in [1.54, 1.807) is 43.3 Å². The first-order valence-corrected chi connectivity index (χ1v) is 10.8. The fourth-order valence-electron chi connectivity index (χ4n) is 3.70. The average Bonchev–Trinajstić information content (AvgIpc) is 3.10. The van der Waals surface area contributed by atoms with Crippen LogP contribution in [-0.2, 0) is 16.1 Å². The molecule has 0 atom stereocenters. The summed E-state index contributed by atoms with van der Waals surface area (Å²) in [6.45, 7) is 5.85. The van der Waals surface area contributed by atoms with Crippen molar-refractivity contribution in [3.63, 3.8) is 0 Å². The van der Waals surface area contributed by atoms with Gasteiger partial charge in [-0.2, -0.15) is 5.26 Å². The van der Waals surface area contributed by atoms with Crippen LogP contribution in [0.4, 0.5) is 5.69 Å². The Balaban J connectivity index is 1.83. The van der Waals surface area contributed by atoms with Crippen molar-refractivity contribution in [3.05, 3.63) is 82.7 Å². The second kappa shape index (κ2) is 10.5. The Bertz CT molecular complexity index is 1280. The summed E-state index contributed by atoms with van der Waals surface area (Å²) in [4.78, 5) is 25.9. The van der Waals surface area contributed by atoms with E-state index < -0.39 is 5.91 Å². The molecule has 174 valence electrons. The van der Waals surface area contributed by atoms with Crippen LogP contribution in [0.5, 0.6) is 5.75 Å². The summed E-state index contributed by atoms with van der Waals surface area (Å²) in [6, 6.07) is 18.9. The van der Waals surface area contributed by atoms with Crippen LogP contribution in [0.1, 0.15) is 29.4 Å². The van der Waals surface area contributed by atoms with E-state index in [4.69, 9.17) is 4.74 Å². The van der Waals surface area contributed by atoms with Gasteiger partial charge in [-0.15, -0.1) is 0 Å². The normalized spacial score (nSPS) is 11.0. The smallest absolute Gasteiger partial charge is 0.266 e. The quantitative estimate of drug-likeness (QED) is 0.415. The minimum atomic E-state index is -0.492. The number of anilines is 1. The van der Waals surface area contributed by atoms with Crippen LogP contribution in [-0.4, -0.2) is 35.4 Å². The number of carbonyl (C=O) groups excluding carboxylic acids is 2. The number of rotatable bonds is 7. The van der Waals surface area contributed by atoms with Crippen LogP contribution >= 0.6 is 0 Å². The van der Waals surface area contributed by atoms with Crippen LogP contribution in [0.25, 0.3) is 11.8 Å². The molecule has 34 heavy (non-hydrogen) atoms. The van der Waals surface area contributed by atoms with E-state index in [0.29, 0.717) is 12.2 Å². The molecule has 7 heteroatoms. The molecule has 0 aliphatic carbocycles. The fraction of sp³-hybridized carbons (Fsp3) is 0.222. The van der Waals surface area contributed by atoms with E-state index in [9.17, 15) is 14.9 Å². The number of carbonyl (C=O) groups is 2. The number of amides is 2. The number of benzene rings is 2. The van der Waals surface area contributed by atoms with E-state index in [1.165, 1.54) is 6.92 Å². The molecular formula is C27H28N4O3. The van der Waals surface area contributed by atoms with Crippen molar-refractivity contribution >= 4 is 23.6 Å². The standard InChI is InChI=1S/C27H28N4O3/c1-18-13-22(19(2)31(18)25-9-11-26(34-5)12-10-25)15-23(16-28)27(33)29-24-8-6-7-21(14-24)17-30(4)20(3)32/h6-15H,17H2,1-5H3,(H,29,33)/b23-15-. The molecule has 1 aromatic heterocycles. The Morgan fingerprint density at radius 2 is 1.85 bits per heavy atom. The van der Waals surface area contributed by atoms with Gasteiger partial charge in [0.25, 0.3) is 5.91 Å². The van der Waals surface area contributed by atoms with E-state index in [-0.39, 0.29) is 11.5 Å². The highest BCUT2D eigenvalue weighted by atomic mass is 16.5. The van der Waals surface area contributed by atoms with Gasteiger partial charge in [0, 0.05) is 43.3 Å². The van der Waals surface area contributed by atoms with Gasteiger partial charge in [-0.05, 0) is 73.5 Å². The number of aromatic nitrogens is 1.